The standard InChI is InChI=1S/C17H23NO4S/c1-22-15-5-2-4-14(11-15)16-6-3-8-18(16)17(19)10-13-7-9-23(20,21)12-13/h2,4-5,11,13,16H,3,6-10,12H2,1H3/t13-,16+/m0/s1. The lowest BCUT2D eigenvalue weighted by atomic mass is 10.0. The minimum atomic E-state index is -2.93. The summed E-state index contributed by atoms with van der Waals surface area (Å²) in [7, 11) is -1.29. The summed E-state index contributed by atoms with van der Waals surface area (Å²) in [5.74, 6) is 1.25. The van der Waals surface area contributed by atoms with Crippen LogP contribution in [0.1, 0.15) is 37.3 Å². The molecule has 0 unspecified atom stereocenters. The van der Waals surface area contributed by atoms with Crippen molar-refractivity contribution >= 4 is 15.7 Å². The van der Waals surface area contributed by atoms with Crippen LogP contribution in [0.5, 0.6) is 5.75 Å². The van der Waals surface area contributed by atoms with Crippen molar-refractivity contribution in [3.63, 3.8) is 0 Å². The Bertz CT molecular complexity index is 686. The van der Waals surface area contributed by atoms with Gasteiger partial charge in [0.15, 0.2) is 9.84 Å². The molecule has 126 valence electrons. The molecule has 2 aliphatic heterocycles. The van der Waals surface area contributed by atoms with Gasteiger partial charge in [0, 0.05) is 13.0 Å². The zero-order valence-electron chi connectivity index (χ0n) is 13.4. The van der Waals surface area contributed by atoms with E-state index in [1.54, 1.807) is 7.11 Å². The minimum Gasteiger partial charge on any atom is -0.497 e. The molecule has 1 amide bonds. The van der Waals surface area contributed by atoms with Crippen LogP contribution in [-0.4, -0.2) is 44.4 Å². The molecule has 1 aromatic rings. The molecule has 0 radical (unpaired) electrons. The molecule has 2 aliphatic rings. The van der Waals surface area contributed by atoms with Gasteiger partial charge in [0.25, 0.3) is 0 Å². The number of methoxy groups -OCH3 is 1. The van der Waals surface area contributed by atoms with Crippen molar-refractivity contribution in [2.45, 2.75) is 31.7 Å². The maximum Gasteiger partial charge on any atom is 0.223 e. The zero-order valence-corrected chi connectivity index (χ0v) is 14.2. The predicted octanol–water partition coefficient (Wildman–Crippen LogP) is 2.18. The maximum absolute atomic E-state index is 12.7. The van der Waals surface area contributed by atoms with Gasteiger partial charge >= 0.3 is 0 Å². The largest absolute Gasteiger partial charge is 0.497 e. The van der Waals surface area contributed by atoms with Crippen molar-refractivity contribution in [2.75, 3.05) is 25.2 Å². The fraction of sp³-hybridized carbons (Fsp3) is 0.588. The van der Waals surface area contributed by atoms with Crippen molar-refractivity contribution in [3.05, 3.63) is 29.8 Å². The predicted molar refractivity (Wildman–Crippen MR) is 88.1 cm³/mol. The number of carbonyl (C=O) groups is 1. The number of hydrogen-bond donors (Lipinski definition) is 0. The maximum atomic E-state index is 12.7. The van der Waals surface area contributed by atoms with Crippen molar-refractivity contribution in [1.29, 1.82) is 0 Å². The first-order valence-corrected chi connectivity index (χ1v) is 9.94. The molecule has 0 N–H and O–H groups in total. The Morgan fingerprint density at radius 2 is 2.17 bits per heavy atom. The third kappa shape index (κ3) is 3.68. The summed E-state index contributed by atoms with van der Waals surface area (Å²) in [5, 5.41) is 0. The topological polar surface area (TPSA) is 63.7 Å². The van der Waals surface area contributed by atoms with Gasteiger partial charge in [-0.15, -0.1) is 0 Å². The van der Waals surface area contributed by atoms with Gasteiger partial charge in [-0.05, 0) is 42.9 Å². The van der Waals surface area contributed by atoms with E-state index in [2.05, 4.69) is 0 Å². The molecule has 0 spiro atoms. The first-order chi connectivity index (χ1) is 11.0. The van der Waals surface area contributed by atoms with E-state index in [0.717, 1.165) is 30.7 Å². The Kier molecular flexibility index (Phi) is 4.62. The van der Waals surface area contributed by atoms with Crippen LogP contribution >= 0.6 is 0 Å². The second-order valence-corrected chi connectivity index (χ2v) is 8.72. The molecule has 2 heterocycles. The van der Waals surface area contributed by atoms with Crippen LogP contribution in [0, 0.1) is 5.92 Å². The SMILES string of the molecule is COc1cccc([C@H]2CCCN2C(=O)C[C@@H]2CCS(=O)(=O)C2)c1. The Morgan fingerprint density at radius 3 is 2.87 bits per heavy atom. The molecule has 0 aromatic heterocycles. The lowest BCUT2D eigenvalue weighted by molar-refractivity contribution is -0.133. The second-order valence-electron chi connectivity index (χ2n) is 6.49. The second kappa shape index (κ2) is 6.51. The Labute approximate surface area is 137 Å². The van der Waals surface area contributed by atoms with Crippen LogP contribution in [0.25, 0.3) is 0 Å². The van der Waals surface area contributed by atoms with Crippen LogP contribution in [0.3, 0.4) is 0 Å². The van der Waals surface area contributed by atoms with Crippen LogP contribution in [-0.2, 0) is 14.6 Å². The lowest BCUT2D eigenvalue weighted by Gasteiger charge is -2.26. The average molecular weight is 337 g/mol. The molecule has 2 saturated heterocycles. The number of likely N-dealkylation sites (tertiary alicyclic amines) is 1. The number of amides is 1. The molecule has 2 fully saturated rings. The van der Waals surface area contributed by atoms with Gasteiger partial charge in [0.2, 0.25) is 5.91 Å². The normalized spacial score (nSPS) is 26.4. The van der Waals surface area contributed by atoms with Crippen molar-refractivity contribution in [3.8, 4) is 5.75 Å². The first kappa shape index (κ1) is 16.3. The molecule has 0 aliphatic carbocycles. The molecule has 0 saturated carbocycles. The molecule has 3 rings (SSSR count). The molecular weight excluding hydrogens is 314 g/mol. The summed E-state index contributed by atoms with van der Waals surface area (Å²) >= 11 is 0. The van der Waals surface area contributed by atoms with Gasteiger partial charge in [-0.1, -0.05) is 12.1 Å². The van der Waals surface area contributed by atoms with Crippen molar-refractivity contribution < 1.29 is 17.9 Å². The summed E-state index contributed by atoms with van der Waals surface area (Å²) in [5.41, 5.74) is 1.09. The first-order valence-electron chi connectivity index (χ1n) is 8.12. The molecule has 2 atom stereocenters. The molecular formula is C17H23NO4S. The van der Waals surface area contributed by atoms with E-state index in [9.17, 15) is 13.2 Å². The highest BCUT2D eigenvalue weighted by molar-refractivity contribution is 7.91. The van der Waals surface area contributed by atoms with Gasteiger partial charge < -0.3 is 9.64 Å². The van der Waals surface area contributed by atoms with Gasteiger partial charge in [-0.25, -0.2) is 8.42 Å². The van der Waals surface area contributed by atoms with Gasteiger partial charge in [-0.3, -0.25) is 4.79 Å². The van der Waals surface area contributed by atoms with Crippen molar-refractivity contribution in [1.82, 2.24) is 4.90 Å². The molecule has 0 bridgehead atoms. The number of ether oxygens (including phenoxy) is 1. The van der Waals surface area contributed by atoms with E-state index in [0.29, 0.717) is 12.8 Å². The fourth-order valence-corrected chi connectivity index (χ4v) is 5.52. The number of hydrogen-bond acceptors (Lipinski definition) is 4. The molecule has 1 aromatic carbocycles. The van der Waals surface area contributed by atoms with Gasteiger partial charge in [0.1, 0.15) is 5.75 Å². The number of benzene rings is 1. The minimum absolute atomic E-state index is 0.0148. The van der Waals surface area contributed by atoms with E-state index in [-0.39, 0.29) is 29.4 Å². The third-order valence-electron chi connectivity index (χ3n) is 4.84. The number of sulfone groups is 1. The Balaban J connectivity index is 1.69. The average Bonchev–Trinajstić information content (AvgIpc) is 3.14. The van der Waals surface area contributed by atoms with Crippen molar-refractivity contribution in [2.24, 2.45) is 5.92 Å². The zero-order chi connectivity index (χ0) is 16.4. The lowest BCUT2D eigenvalue weighted by Crippen LogP contribution is -2.32. The van der Waals surface area contributed by atoms with Crippen LogP contribution in [0.2, 0.25) is 0 Å². The Morgan fingerprint density at radius 1 is 1.35 bits per heavy atom. The van der Waals surface area contributed by atoms with E-state index >= 15 is 0 Å². The highest BCUT2D eigenvalue weighted by Gasteiger charge is 2.34. The number of carbonyl (C=O) groups excluding carboxylic acids is 1. The molecule has 6 heteroatoms. The smallest absolute Gasteiger partial charge is 0.223 e. The fourth-order valence-electron chi connectivity index (χ4n) is 3.66. The summed E-state index contributed by atoms with van der Waals surface area (Å²) in [6.07, 6.45) is 2.89. The van der Waals surface area contributed by atoms with E-state index in [4.69, 9.17) is 4.74 Å². The summed E-state index contributed by atoms with van der Waals surface area (Å²) < 4.78 is 28.4. The number of rotatable bonds is 4. The monoisotopic (exact) mass is 337 g/mol. The van der Waals surface area contributed by atoms with E-state index < -0.39 is 9.84 Å². The van der Waals surface area contributed by atoms with E-state index in [1.165, 1.54) is 0 Å². The summed E-state index contributed by atoms with van der Waals surface area (Å²) in [6, 6.07) is 7.93. The summed E-state index contributed by atoms with van der Waals surface area (Å²) in [6.45, 7) is 0.750. The molecule has 5 nitrogen and oxygen atoms in total. The van der Waals surface area contributed by atoms with Crippen LogP contribution < -0.4 is 4.74 Å². The van der Waals surface area contributed by atoms with Gasteiger partial charge in [-0.2, -0.15) is 0 Å². The molecule has 23 heavy (non-hydrogen) atoms. The van der Waals surface area contributed by atoms with Crippen LogP contribution in [0.15, 0.2) is 24.3 Å². The number of nitrogens with zero attached hydrogens (tertiary/aromatic N) is 1. The third-order valence-corrected chi connectivity index (χ3v) is 6.68. The summed E-state index contributed by atoms with van der Waals surface area (Å²) in [4.78, 5) is 14.6. The van der Waals surface area contributed by atoms with Crippen LogP contribution in [0.4, 0.5) is 0 Å². The van der Waals surface area contributed by atoms with E-state index in [1.807, 2.05) is 29.2 Å². The highest BCUT2D eigenvalue weighted by Crippen LogP contribution is 2.35. The Hall–Kier alpha value is -1.56. The quantitative estimate of drug-likeness (QED) is 0.845. The highest BCUT2D eigenvalue weighted by atomic mass is 32.2. The van der Waals surface area contributed by atoms with Gasteiger partial charge in [0.05, 0.1) is 24.7 Å².